The van der Waals surface area contributed by atoms with E-state index in [-0.39, 0.29) is 12.0 Å². The molecule has 2 fully saturated rings. The fraction of sp³-hybridized carbons (Fsp3) is 0.684. The van der Waals surface area contributed by atoms with Gasteiger partial charge in [-0.3, -0.25) is 0 Å². The number of piperidine rings is 1. The molecule has 0 unspecified atom stereocenters. The van der Waals surface area contributed by atoms with Crippen molar-refractivity contribution >= 4 is 0 Å². The Balaban J connectivity index is 1.38. The minimum absolute atomic E-state index is 0.0237. The Morgan fingerprint density at radius 2 is 1.91 bits per heavy atom. The molecule has 4 heteroatoms. The monoisotopic (exact) mass is 319 g/mol. The Bertz CT molecular complexity index is 470. The molecule has 23 heavy (non-hydrogen) atoms. The van der Waals surface area contributed by atoms with E-state index in [2.05, 4.69) is 17.0 Å². The van der Waals surface area contributed by atoms with Crippen LogP contribution in [0.15, 0.2) is 24.3 Å². The van der Waals surface area contributed by atoms with Gasteiger partial charge in [-0.05, 0) is 62.4 Å². The molecule has 3 rings (SSSR count). The molecule has 0 bridgehead atoms. The van der Waals surface area contributed by atoms with Crippen LogP contribution >= 0.6 is 0 Å². The van der Waals surface area contributed by atoms with Gasteiger partial charge >= 0.3 is 0 Å². The zero-order valence-electron chi connectivity index (χ0n) is 14.2. The highest BCUT2D eigenvalue weighted by Crippen LogP contribution is 2.30. The number of aliphatic hydroxyl groups is 1. The van der Waals surface area contributed by atoms with Crippen LogP contribution in [0, 0.1) is 11.3 Å². The van der Waals surface area contributed by atoms with Crippen molar-refractivity contribution in [2.45, 2.75) is 25.7 Å². The first-order valence-corrected chi connectivity index (χ1v) is 8.77. The van der Waals surface area contributed by atoms with Crippen LogP contribution in [0.5, 0.6) is 5.75 Å². The molecule has 2 saturated heterocycles. The van der Waals surface area contributed by atoms with Crippen LogP contribution in [0.3, 0.4) is 0 Å². The second-order valence-corrected chi connectivity index (χ2v) is 7.26. The van der Waals surface area contributed by atoms with Crippen LogP contribution in [0.4, 0.5) is 0 Å². The van der Waals surface area contributed by atoms with Crippen molar-refractivity contribution in [2.75, 3.05) is 46.6 Å². The molecule has 0 aliphatic carbocycles. The summed E-state index contributed by atoms with van der Waals surface area (Å²) in [5.41, 5.74) is 1.43. The van der Waals surface area contributed by atoms with Crippen LogP contribution in [0.25, 0.3) is 0 Å². The van der Waals surface area contributed by atoms with Gasteiger partial charge in [-0.2, -0.15) is 0 Å². The van der Waals surface area contributed by atoms with E-state index in [0.717, 1.165) is 50.9 Å². The van der Waals surface area contributed by atoms with Crippen LogP contribution in [0.1, 0.15) is 24.8 Å². The van der Waals surface area contributed by atoms with Crippen molar-refractivity contribution in [3.8, 4) is 5.75 Å². The zero-order chi connectivity index (χ0) is 16.1. The SMILES string of the molecule is COc1ccc(CCC2CCN(CC3(CO)COC3)CC2)cc1. The van der Waals surface area contributed by atoms with Gasteiger partial charge in [0.05, 0.1) is 32.3 Å². The smallest absolute Gasteiger partial charge is 0.118 e. The van der Waals surface area contributed by atoms with Crippen molar-refractivity contribution in [1.82, 2.24) is 4.90 Å². The third-order valence-electron chi connectivity index (χ3n) is 5.42. The Hall–Kier alpha value is -1.10. The first-order chi connectivity index (χ1) is 11.2. The largest absolute Gasteiger partial charge is 0.497 e. The molecule has 0 aromatic heterocycles. The highest BCUT2D eigenvalue weighted by Gasteiger charge is 2.40. The molecule has 2 aliphatic rings. The summed E-state index contributed by atoms with van der Waals surface area (Å²) in [7, 11) is 1.71. The predicted molar refractivity (Wildman–Crippen MR) is 90.8 cm³/mol. The third-order valence-corrected chi connectivity index (χ3v) is 5.42. The van der Waals surface area contributed by atoms with E-state index in [0.29, 0.717) is 0 Å². The summed E-state index contributed by atoms with van der Waals surface area (Å²) in [6.45, 7) is 5.02. The summed E-state index contributed by atoms with van der Waals surface area (Å²) in [4.78, 5) is 2.52. The lowest BCUT2D eigenvalue weighted by molar-refractivity contribution is -0.150. The Labute approximate surface area is 139 Å². The van der Waals surface area contributed by atoms with Crippen molar-refractivity contribution in [1.29, 1.82) is 0 Å². The molecule has 1 N–H and O–H groups in total. The van der Waals surface area contributed by atoms with Gasteiger partial charge in [0, 0.05) is 6.54 Å². The topological polar surface area (TPSA) is 41.9 Å². The summed E-state index contributed by atoms with van der Waals surface area (Å²) in [6.07, 6.45) is 4.98. The Morgan fingerprint density at radius 1 is 1.22 bits per heavy atom. The molecule has 0 amide bonds. The summed E-state index contributed by atoms with van der Waals surface area (Å²) in [6, 6.07) is 8.45. The standard InChI is InChI=1S/C19H29NO3/c1-22-18-6-4-16(5-7-18)2-3-17-8-10-20(11-9-17)12-19(13-21)14-23-15-19/h4-7,17,21H,2-3,8-15H2,1H3. The average molecular weight is 319 g/mol. The van der Waals surface area contributed by atoms with E-state index in [1.807, 2.05) is 12.1 Å². The lowest BCUT2D eigenvalue weighted by Gasteiger charge is -2.45. The number of likely N-dealkylation sites (tertiary alicyclic amines) is 1. The van der Waals surface area contributed by atoms with Gasteiger partial charge in [0.1, 0.15) is 5.75 Å². The molecule has 4 nitrogen and oxygen atoms in total. The number of aliphatic hydroxyl groups excluding tert-OH is 1. The first-order valence-electron chi connectivity index (χ1n) is 8.77. The minimum Gasteiger partial charge on any atom is -0.497 e. The van der Waals surface area contributed by atoms with Gasteiger partial charge in [-0.15, -0.1) is 0 Å². The predicted octanol–water partition coefficient (Wildman–Crippen LogP) is 2.35. The van der Waals surface area contributed by atoms with Crippen LogP contribution in [-0.4, -0.2) is 56.6 Å². The molecule has 2 aliphatic heterocycles. The molecule has 2 heterocycles. The van der Waals surface area contributed by atoms with Crippen LogP contribution in [0.2, 0.25) is 0 Å². The number of rotatable bonds is 7. The second-order valence-electron chi connectivity index (χ2n) is 7.26. The minimum atomic E-state index is 0.0237. The zero-order valence-corrected chi connectivity index (χ0v) is 14.2. The number of hydrogen-bond acceptors (Lipinski definition) is 4. The van der Waals surface area contributed by atoms with E-state index >= 15 is 0 Å². The lowest BCUT2D eigenvalue weighted by Crippen LogP contribution is -2.54. The maximum atomic E-state index is 9.55. The molecular weight excluding hydrogens is 290 g/mol. The summed E-state index contributed by atoms with van der Waals surface area (Å²) in [5, 5.41) is 9.55. The van der Waals surface area contributed by atoms with Crippen molar-refractivity contribution in [3.63, 3.8) is 0 Å². The van der Waals surface area contributed by atoms with Gasteiger partial charge < -0.3 is 19.5 Å². The van der Waals surface area contributed by atoms with E-state index in [1.54, 1.807) is 7.11 Å². The number of nitrogens with zero attached hydrogens (tertiary/aromatic N) is 1. The Morgan fingerprint density at radius 3 is 2.43 bits per heavy atom. The summed E-state index contributed by atoms with van der Waals surface area (Å²) < 4.78 is 10.5. The maximum Gasteiger partial charge on any atom is 0.118 e. The van der Waals surface area contributed by atoms with Crippen molar-refractivity contribution < 1.29 is 14.6 Å². The van der Waals surface area contributed by atoms with Gasteiger partial charge in [-0.25, -0.2) is 0 Å². The van der Waals surface area contributed by atoms with E-state index < -0.39 is 0 Å². The van der Waals surface area contributed by atoms with E-state index in [9.17, 15) is 5.11 Å². The van der Waals surface area contributed by atoms with Crippen molar-refractivity contribution in [2.24, 2.45) is 11.3 Å². The molecule has 1 aromatic rings. The van der Waals surface area contributed by atoms with Crippen molar-refractivity contribution in [3.05, 3.63) is 29.8 Å². The fourth-order valence-electron chi connectivity index (χ4n) is 3.69. The molecular formula is C19H29NO3. The number of ether oxygens (including phenoxy) is 2. The molecule has 0 spiro atoms. The van der Waals surface area contributed by atoms with Crippen LogP contribution in [-0.2, 0) is 11.2 Å². The highest BCUT2D eigenvalue weighted by atomic mass is 16.5. The summed E-state index contributed by atoms with van der Waals surface area (Å²) >= 11 is 0. The third kappa shape index (κ3) is 4.25. The molecule has 0 saturated carbocycles. The van der Waals surface area contributed by atoms with Gasteiger partial charge in [-0.1, -0.05) is 12.1 Å². The molecule has 1 aromatic carbocycles. The number of aryl methyl sites for hydroxylation is 1. The van der Waals surface area contributed by atoms with Gasteiger partial charge in [0.15, 0.2) is 0 Å². The first kappa shape index (κ1) is 16.7. The van der Waals surface area contributed by atoms with E-state index in [4.69, 9.17) is 9.47 Å². The second kappa shape index (κ2) is 7.65. The molecule has 0 radical (unpaired) electrons. The number of methoxy groups -OCH3 is 1. The highest BCUT2D eigenvalue weighted by molar-refractivity contribution is 5.27. The van der Waals surface area contributed by atoms with Gasteiger partial charge in [0.25, 0.3) is 0 Å². The van der Waals surface area contributed by atoms with Gasteiger partial charge in [0.2, 0.25) is 0 Å². The fourth-order valence-corrected chi connectivity index (χ4v) is 3.69. The lowest BCUT2D eigenvalue weighted by atomic mass is 9.84. The quantitative estimate of drug-likeness (QED) is 0.838. The summed E-state index contributed by atoms with van der Waals surface area (Å²) in [5.74, 6) is 1.76. The van der Waals surface area contributed by atoms with Crippen LogP contribution < -0.4 is 4.74 Å². The number of hydrogen-bond donors (Lipinski definition) is 1. The van der Waals surface area contributed by atoms with E-state index in [1.165, 1.54) is 24.8 Å². The normalized spacial score (nSPS) is 21.8. The number of benzene rings is 1. The Kier molecular flexibility index (Phi) is 5.57. The average Bonchev–Trinajstić information content (AvgIpc) is 2.58. The maximum absolute atomic E-state index is 9.55. The molecule has 128 valence electrons. The molecule has 0 atom stereocenters.